The predicted octanol–water partition coefficient (Wildman–Crippen LogP) is 5.30. The van der Waals surface area contributed by atoms with E-state index >= 15 is 0 Å². The van der Waals surface area contributed by atoms with Gasteiger partial charge in [-0.15, -0.1) is 11.3 Å². The van der Waals surface area contributed by atoms with Crippen molar-refractivity contribution >= 4 is 39.9 Å². The standard InChI is InChI=1S/C34H42N4O8S/c1-16(2)27(32(41)38-34-37-28(33(42)46-9)31(47-34)17(3)4)36-23-13-11-20-21(15-24(23)40)22(35-18(5)39)12-10-19-14-25(43-6)29(44-7)30(45-8)26(19)20/h11,13-17,22,27H,10,12H2,1-9H3,(H,35,39)(H,36,40)(H,37,38,41). The first kappa shape index (κ1) is 35.2. The SMILES string of the molecule is COC(=O)c1nc(NC(=O)C(Nc2ccc3c(cc2=O)C(NC(C)=O)CCc2cc(OC)c(OC)c(OC)c2-3)C(C)C)sc1C(C)C. The van der Waals surface area contributed by atoms with Gasteiger partial charge in [0.25, 0.3) is 0 Å². The summed E-state index contributed by atoms with van der Waals surface area (Å²) in [4.78, 5) is 57.1. The number of aromatic nitrogens is 1. The Morgan fingerprint density at radius 1 is 0.979 bits per heavy atom. The van der Waals surface area contributed by atoms with Gasteiger partial charge in [0.05, 0.1) is 40.2 Å². The third kappa shape index (κ3) is 7.35. The summed E-state index contributed by atoms with van der Waals surface area (Å²) >= 11 is 1.20. The summed E-state index contributed by atoms with van der Waals surface area (Å²) in [7, 11) is 5.89. The summed E-state index contributed by atoms with van der Waals surface area (Å²) in [6.45, 7) is 9.00. The molecule has 47 heavy (non-hydrogen) atoms. The van der Waals surface area contributed by atoms with Crippen LogP contribution >= 0.6 is 11.3 Å². The molecule has 3 N–H and O–H groups in total. The molecular weight excluding hydrogens is 624 g/mol. The van der Waals surface area contributed by atoms with Crippen molar-refractivity contribution in [1.82, 2.24) is 10.3 Å². The molecule has 1 aromatic heterocycles. The van der Waals surface area contributed by atoms with E-state index in [4.69, 9.17) is 18.9 Å². The van der Waals surface area contributed by atoms with Gasteiger partial charge in [-0.1, -0.05) is 33.8 Å². The number of benzene rings is 1. The van der Waals surface area contributed by atoms with Gasteiger partial charge >= 0.3 is 5.97 Å². The molecule has 2 aromatic carbocycles. The van der Waals surface area contributed by atoms with Crippen molar-refractivity contribution in [3.05, 3.63) is 56.2 Å². The minimum atomic E-state index is -0.838. The summed E-state index contributed by atoms with van der Waals surface area (Å²) in [5.41, 5.74) is 2.88. The highest BCUT2D eigenvalue weighted by Crippen LogP contribution is 2.50. The van der Waals surface area contributed by atoms with Crippen LogP contribution in [0.5, 0.6) is 17.2 Å². The number of amides is 2. The minimum Gasteiger partial charge on any atom is -0.493 e. The third-order valence-corrected chi connectivity index (χ3v) is 9.23. The van der Waals surface area contributed by atoms with E-state index in [1.54, 1.807) is 19.2 Å². The number of hydrogen-bond donors (Lipinski definition) is 3. The Balaban J connectivity index is 1.80. The maximum absolute atomic E-state index is 13.9. The molecule has 0 fully saturated rings. The first-order valence-electron chi connectivity index (χ1n) is 15.3. The number of aryl methyl sites for hydroxylation is 1. The van der Waals surface area contributed by atoms with Crippen LogP contribution in [0.4, 0.5) is 10.8 Å². The number of ether oxygens (including phenoxy) is 4. The maximum Gasteiger partial charge on any atom is 0.357 e. The highest BCUT2D eigenvalue weighted by Gasteiger charge is 2.31. The first-order valence-corrected chi connectivity index (χ1v) is 16.1. The number of carbonyl (C=O) groups excluding carboxylic acids is 3. The summed E-state index contributed by atoms with van der Waals surface area (Å²) in [5, 5.41) is 9.22. The second-order valence-electron chi connectivity index (χ2n) is 11.8. The Kier molecular flexibility index (Phi) is 11.1. The van der Waals surface area contributed by atoms with Crippen LogP contribution < -0.4 is 35.6 Å². The molecule has 12 nitrogen and oxygen atoms in total. The van der Waals surface area contributed by atoms with E-state index in [1.807, 2.05) is 33.8 Å². The lowest BCUT2D eigenvalue weighted by Gasteiger charge is -2.21. The molecule has 1 aliphatic rings. The number of methoxy groups -OCH3 is 4. The Bertz CT molecular complexity index is 1740. The number of hydrogen-bond acceptors (Lipinski definition) is 11. The zero-order valence-corrected chi connectivity index (χ0v) is 29.0. The van der Waals surface area contributed by atoms with Crippen LogP contribution in [0, 0.1) is 5.92 Å². The number of fused-ring (bicyclic) bond motifs is 3. The average molecular weight is 667 g/mol. The van der Waals surface area contributed by atoms with E-state index in [9.17, 15) is 19.2 Å². The van der Waals surface area contributed by atoms with Gasteiger partial charge in [-0.2, -0.15) is 0 Å². The summed E-state index contributed by atoms with van der Waals surface area (Å²) in [6.07, 6.45) is 1.08. The van der Waals surface area contributed by atoms with E-state index in [1.165, 1.54) is 45.7 Å². The molecule has 2 amide bonds. The van der Waals surface area contributed by atoms with Gasteiger partial charge < -0.3 is 34.9 Å². The van der Waals surface area contributed by atoms with Gasteiger partial charge in [0.15, 0.2) is 22.3 Å². The van der Waals surface area contributed by atoms with Gasteiger partial charge in [-0.05, 0) is 59.6 Å². The highest BCUT2D eigenvalue weighted by atomic mass is 32.1. The smallest absolute Gasteiger partial charge is 0.357 e. The number of carbonyl (C=O) groups is 3. The predicted molar refractivity (Wildman–Crippen MR) is 181 cm³/mol. The molecule has 3 aromatic rings. The molecule has 0 bridgehead atoms. The van der Waals surface area contributed by atoms with Crippen LogP contribution in [0.15, 0.2) is 29.1 Å². The topological polar surface area (TPSA) is 154 Å². The third-order valence-electron chi connectivity index (χ3n) is 7.96. The lowest BCUT2D eigenvalue weighted by Crippen LogP contribution is -2.39. The zero-order chi connectivity index (χ0) is 34.6. The Hall–Kier alpha value is -4.65. The molecule has 0 saturated carbocycles. The van der Waals surface area contributed by atoms with Crippen LogP contribution in [-0.2, 0) is 20.7 Å². The minimum absolute atomic E-state index is 0.0139. The second-order valence-corrected chi connectivity index (χ2v) is 12.9. The molecule has 4 rings (SSSR count). The molecule has 0 saturated heterocycles. The van der Waals surface area contributed by atoms with Gasteiger partial charge in [0, 0.05) is 17.4 Å². The number of anilines is 2. The molecule has 0 aliphatic heterocycles. The zero-order valence-electron chi connectivity index (χ0n) is 28.2. The van der Waals surface area contributed by atoms with Gasteiger partial charge in [-0.25, -0.2) is 9.78 Å². The number of nitrogens with one attached hydrogen (secondary N) is 3. The Morgan fingerprint density at radius 3 is 2.26 bits per heavy atom. The normalized spacial score (nSPS) is 14.3. The molecule has 252 valence electrons. The maximum atomic E-state index is 13.9. The van der Waals surface area contributed by atoms with Crippen LogP contribution in [0.25, 0.3) is 11.1 Å². The van der Waals surface area contributed by atoms with E-state index in [2.05, 4.69) is 20.9 Å². The fourth-order valence-electron chi connectivity index (χ4n) is 5.73. The van der Waals surface area contributed by atoms with E-state index in [-0.39, 0.29) is 39.7 Å². The summed E-state index contributed by atoms with van der Waals surface area (Å²) < 4.78 is 22.0. The van der Waals surface area contributed by atoms with Crippen LogP contribution in [-0.4, -0.2) is 57.2 Å². The van der Waals surface area contributed by atoms with Crippen molar-refractivity contribution in [1.29, 1.82) is 0 Å². The number of thiazole rings is 1. The molecule has 13 heteroatoms. The Morgan fingerprint density at radius 2 is 1.68 bits per heavy atom. The largest absolute Gasteiger partial charge is 0.493 e. The number of rotatable bonds is 11. The fraction of sp³-hybridized carbons (Fsp3) is 0.441. The molecule has 2 atom stereocenters. The molecular formula is C34H42N4O8S. The van der Waals surface area contributed by atoms with E-state index in [0.717, 1.165) is 11.1 Å². The van der Waals surface area contributed by atoms with Crippen molar-refractivity contribution in [2.24, 2.45) is 5.92 Å². The van der Waals surface area contributed by atoms with Crippen molar-refractivity contribution in [3.63, 3.8) is 0 Å². The van der Waals surface area contributed by atoms with Gasteiger partial charge in [-0.3, -0.25) is 14.4 Å². The van der Waals surface area contributed by atoms with Crippen molar-refractivity contribution < 1.29 is 33.3 Å². The first-order chi connectivity index (χ1) is 22.3. The molecule has 1 heterocycles. The highest BCUT2D eigenvalue weighted by molar-refractivity contribution is 7.16. The van der Waals surface area contributed by atoms with Gasteiger partial charge in [0.1, 0.15) is 6.04 Å². The van der Waals surface area contributed by atoms with Crippen LogP contribution in [0.3, 0.4) is 0 Å². The van der Waals surface area contributed by atoms with Crippen LogP contribution in [0.1, 0.15) is 79.5 Å². The number of nitrogens with zero attached hydrogens (tertiary/aromatic N) is 1. The van der Waals surface area contributed by atoms with Gasteiger partial charge in [0.2, 0.25) is 23.0 Å². The Labute approximate surface area is 278 Å². The monoisotopic (exact) mass is 666 g/mol. The molecule has 0 spiro atoms. The lowest BCUT2D eigenvalue weighted by molar-refractivity contribution is -0.120. The number of esters is 1. The van der Waals surface area contributed by atoms with Crippen molar-refractivity contribution in [2.45, 2.75) is 65.5 Å². The fourth-order valence-corrected chi connectivity index (χ4v) is 6.69. The van der Waals surface area contributed by atoms with E-state index < -0.39 is 24.0 Å². The molecule has 0 radical (unpaired) electrons. The lowest BCUT2D eigenvalue weighted by atomic mass is 9.95. The van der Waals surface area contributed by atoms with Crippen LogP contribution in [0.2, 0.25) is 0 Å². The quantitative estimate of drug-likeness (QED) is 0.230. The second kappa shape index (κ2) is 14.8. The molecule has 2 unspecified atom stereocenters. The van der Waals surface area contributed by atoms with Crippen molar-refractivity contribution in [3.8, 4) is 28.4 Å². The summed E-state index contributed by atoms with van der Waals surface area (Å²) in [6, 6.07) is 5.50. The summed E-state index contributed by atoms with van der Waals surface area (Å²) in [5.74, 6) is -0.154. The van der Waals surface area contributed by atoms with Crippen molar-refractivity contribution in [2.75, 3.05) is 39.1 Å². The molecule has 1 aliphatic carbocycles. The average Bonchev–Trinajstić information content (AvgIpc) is 3.32. The van der Waals surface area contributed by atoms with E-state index in [0.29, 0.717) is 46.1 Å².